The van der Waals surface area contributed by atoms with E-state index in [1.165, 1.54) is 6.07 Å². The van der Waals surface area contributed by atoms with Crippen LogP contribution in [-0.2, 0) is 6.18 Å². The van der Waals surface area contributed by atoms with E-state index in [1.54, 1.807) is 18.2 Å². The number of para-hydroxylation sites is 1. The van der Waals surface area contributed by atoms with Gasteiger partial charge in [0.1, 0.15) is 17.0 Å². The molecule has 1 aromatic carbocycles. The van der Waals surface area contributed by atoms with Crippen molar-refractivity contribution in [3.8, 4) is 11.6 Å². The van der Waals surface area contributed by atoms with Gasteiger partial charge in [-0.15, -0.1) is 0 Å². The highest BCUT2D eigenvalue weighted by molar-refractivity contribution is 9.10. The van der Waals surface area contributed by atoms with E-state index in [9.17, 15) is 18.0 Å². The summed E-state index contributed by atoms with van der Waals surface area (Å²) in [5, 5.41) is 0. The van der Waals surface area contributed by atoms with Crippen LogP contribution < -0.4 is 10.5 Å². The number of nitrogens with zero attached hydrogens (tertiary/aromatic N) is 1. The van der Waals surface area contributed by atoms with E-state index in [2.05, 4.69) is 20.9 Å². The minimum atomic E-state index is -4.65. The normalized spacial score (nSPS) is 11.2. The van der Waals surface area contributed by atoms with Crippen molar-refractivity contribution >= 4 is 21.8 Å². The molecule has 0 aliphatic carbocycles. The van der Waals surface area contributed by atoms with Gasteiger partial charge in [-0.05, 0) is 40.2 Å². The molecule has 0 unspecified atom stereocenters. The molecule has 0 atom stereocenters. The van der Waals surface area contributed by atoms with E-state index >= 15 is 0 Å². The quantitative estimate of drug-likeness (QED) is 0.906. The van der Waals surface area contributed by atoms with Crippen LogP contribution in [0.1, 0.15) is 16.1 Å². The Balaban J connectivity index is 2.49. The van der Waals surface area contributed by atoms with Crippen LogP contribution in [-0.4, -0.2) is 10.9 Å². The molecule has 21 heavy (non-hydrogen) atoms. The molecule has 2 aromatic rings. The summed E-state index contributed by atoms with van der Waals surface area (Å²) in [6.07, 6.45) is -4.65. The molecular weight excluding hydrogens is 353 g/mol. The fourth-order valence-corrected chi connectivity index (χ4v) is 1.86. The van der Waals surface area contributed by atoms with Gasteiger partial charge in [-0.2, -0.15) is 13.2 Å². The minimum absolute atomic E-state index is 0.215. The second-order valence-electron chi connectivity index (χ2n) is 3.94. The number of rotatable bonds is 3. The molecule has 4 nitrogen and oxygen atoms in total. The number of hydrogen-bond donors (Lipinski definition) is 1. The Kier molecular flexibility index (Phi) is 4.17. The number of ether oxygens (including phenoxy) is 1. The second-order valence-corrected chi connectivity index (χ2v) is 4.80. The summed E-state index contributed by atoms with van der Waals surface area (Å²) in [5.41, 5.74) is 3.70. The van der Waals surface area contributed by atoms with E-state index in [0.717, 1.165) is 6.07 Å². The Morgan fingerprint density at radius 3 is 2.43 bits per heavy atom. The lowest BCUT2D eigenvalue weighted by Crippen LogP contribution is -2.16. The van der Waals surface area contributed by atoms with Gasteiger partial charge >= 0.3 is 6.18 Å². The van der Waals surface area contributed by atoms with E-state index < -0.39 is 23.7 Å². The van der Waals surface area contributed by atoms with Gasteiger partial charge in [-0.3, -0.25) is 4.79 Å². The number of alkyl halides is 3. The average molecular weight is 361 g/mol. The molecule has 110 valence electrons. The molecule has 8 heteroatoms. The van der Waals surface area contributed by atoms with Crippen molar-refractivity contribution in [1.82, 2.24) is 4.98 Å². The lowest BCUT2D eigenvalue weighted by Gasteiger charge is -2.12. The number of nitrogens with two attached hydrogens (primary N) is 1. The highest BCUT2D eigenvalue weighted by Gasteiger charge is 2.33. The largest absolute Gasteiger partial charge is 0.437 e. The number of carbonyl (C=O) groups is 1. The molecule has 1 heterocycles. The number of primary amides is 1. The van der Waals surface area contributed by atoms with Crippen molar-refractivity contribution in [2.45, 2.75) is 6.18 Å². The first-order valence-electron chi connectivity index (χ1n) is 5.59. The van der Waals surface area contributed by atoms with E-state index in [-0.39, 0.29) is 11.3 Å². The molecule has 0 spiro atoms. The van der Waals surface area contributed by atoms with Crippen molar-refractivity contribution in [3.05, 3.63) is 52.1 Å². The predicted octanol–water partition coefficient (Wildman–Crippen LogP) is 3.75. The first-order chi connectivity index (χ1) is 9.79. The van der Waals surface area contributed by atoms with Crippen LogP contribution in [0.5, 0.6) is 11.6 Å². The van der Waals surface area contributed by atoms with Gasteiger partial charge in [0.05, 0.1) is 4.47 Å². The zero-order chi connectivity index (χ0) is 15.6. The third-order valence-electron chi connectivity index (χ3n) is 2.46. The number of amides is 1. The van der Waals surface area contributed by atoms with Gasteiger partial charge in [-0.1, -0.05) is 12.1 Å². The fourth-order valence-electron chi connectivity index (χ4n) is 1.50. The molecule has 2 rings (SSSR count). The summed E-state index contributed by atoms with van der Waals surface area (Å²) in [7, 11) is 0. The summed E-state index contributed by atoms with van der Waals surface area (Å²) < 4.78 is 43.8. The third kappa shape index (κ3) is 3.52. The molecule has 0 aliphatic heterocycles. The van der Waals surface area contributed by atoms with Gasteiger partial charge in [0.15, 0.2) is 0 Å². The SMILES string of the molecule is NC(=O)c1ccc(C(F)(F)F)nc1Oc1ccccc1Br. The Bertz CT molecular complexity index is 689. The molecular formula is C13H8BrF3N2O2. The van der Waals surface area contributed by atoms with Crippen molar-refractivity contribution in [1.29, 1.82) is 0 Å². The molecule has 0 fully saturated rings. The zero-order valence-corrected chi connectivity index (χ0v) is 11.9. The number of carbonyl (C=O) groups excluding carboxylic acids is 1. The Hall–Kier alpha value is -2.09. The summed E-state index contributed by atoms with van der Waals surface area (Å²) in [5.74, 6) is -1.21. The lowest BCUT2D eigenvalue weighted by molar-refractivity contribution is -0.141. The second kappa shape index (κ2) is 5.72. The van der Waals surface area contributed by atoms with Crippen LogP contribution in [0.25, 0.3) is 0 Å². The van der Waals surface area contributed by atoms with Gasteiger partial charge in [0.2, 0.25) is 5.88 Å². The molecule has 1 aromatic heterocycles. The van der Waals surface area contributed by atoms with Crippen LogP contribution in [0.15, 0.2) is 40.9 Å². The number of pyridine rings is 1. The highest BCUT2D eigenvalue weighted by atomic mass is 79.9. The third-order valence-corrected chi connectivity index (χ3v) is 3.11. The first kappa shape index (κ1) is 15.3. The average Bonchev–Trinajstić information content (AvgIpc) is 2.40. The highest BCUT2D eigenvalue weighted by Crippen LogP contribution is 2.33. The maximum atomic E-state index is 12.7. The summed E-state index contributed by atoms with van der Waals surface area (Å²) in [6.45, 7) is 0. The molecule has 2 N–H and O–H groups in total. The van der Waals surface area contributed by atoms with Crippen molar-refractivity contribution in [2.75, 3.05) is 0 Å². The van der Waals surface area contributed by atoms with E-state index in [1.807, 2.05) is 0 Å². The van der Waals surface area contributed by atoms with Crippen LogP contribution >= 0.6 is 15.9 Å². The monoisotopic (exact) mass is 360 g/mol. The standard InChI is InChI=1S/C13H8BrF3N2O2/c14-8-3-1-2-4-9(8)21-12-7(11(18)20)5-6-10(19-12)13(15,16)17/h1-6H,(H2,18,20). The lowest BCUT2D eigenvalue weighted by atomic mass is 10.2. The van der Waals surface area contributed by atoms with Gasteiger partial charge in [-0.25, -0.2) is 4.98 Å². The molecule has 1 amide bonds. The summed E-state index contributed by atoms with van der Waals surface area (Å²) >= 11 is 3.18. The summed E-state index contributed by atoms with van der Waals surface area (Å²) in [6, 6.07) is 8.07. The van der Waals surface area contributed by atoms with Crippen LogP contribution in [0, 0.1) is 0 Å². The van der Waals surface area contributed by atoms with Gasteiger partial charge in [0.25, 0.3) is 5.91 Å². The van der Waals surface area contributed by atoms with Gasteiger partial charge in [0, 0.05) is 0 Å². The predicted molar refractivity (Wildman–Crippen MR) is 72.0 cm³/mol. The van der Waals surface area contributed by atoms with Crippen LogP contribution in [0.2, 0.25) is 0 Å². The maximum absolute atomic E-state index is 12.7. The molecule has 0 aliphatic rings. The minimum Gasteiger partial charge on any atom is -0.437 e. The topological polar surface area (TPSA) is 65.2 Å². The maximum Gasteiger partial charge on any atom is 0.433 e. The van der Waals surface area contributed by atoms with E-state index in [0.29, 0.717) is 10.5 Å². The Morgan fingerprint density at radius 1 is 1.19 bits per heavy atom. The summed E-state index contributed by atoms with van der Waals surface area (Å²) in [4.78, 5) is 14.6. The Labute approximate surface area is 125 Å². The van der Waals surface area contributed by atoms with E-state index in [4.69, 9.17) is 10.5 Å². The molecule has 0 radical (unpaired) electrons. The zero-order valence-electron chi connectivity index (χ0n) is 10.3. The van der Waals surface area contributed by atoms with Gasteiger partial charge < -0.3 is 10.5 Å². The smallest absolute Gasteiger partial charge is 0.433 e. The van der Waals surface area contributed by atoms with Crippen LogP contribution in [0.4, 0.5) is 13.2 Å². The molecule has 0 saturated heterocycles. The van der Waals surface area contributed by atoms with Crippen molar-refractivity contribution in [3.63, 3.8) is 0 Å². The molecule has 0 saturated carbocycles. The van der Waals surface area contributed by atoms with Crippen LogP contribution in [0.3, 0.4) is 0 Å². The first-order valence-corrected chi connectivity index (χ1v) is 6.39. The van der Waals surface area contributed by atoms with Crippen molar-refractivity contribution < 1.29 is 22.7 Å². The fraction of sp³-hybridized carbons (Fsp3) is 0.0769. The number of aromatic nitrogens is 1. The number of hydrogen-bond acceptors (Lipinski definition) is 3. The number of halogens is 4. The Morgan fingerprint density at radius 2 is 1.86 bits per heavy atom. The molecule has 0 bridgehead atoms. The van der Waals surface area contributed by atoms with Crippen molar-refractivity contribution in [2.24, 2.45) is 5.73 Å². The number of benzene rings is 1.